The molecule has 1 unspecified atom stereocenters. The van der Waals surface area contributed by atoms with Gasteiger partial charge in [0.15, 0.2) is 0 Å². The summed E-state index contributed by atoms with van der Waals surface area (Å²) in [4.78, 5) is 32.7. The van der Waals surface area contributed by atoms with E-state index in [2.05, 4.69) is 10.3 Å². The maximum Gasteiger partial charge on any atom is 0.253 e. The third-order valence-electron chi connectivity index (χ3n) is 5.85. The van der Waals surface area contributed by atoms with Crippen molar-refractivity contribution in [2.24, 2.45) is 0 Å². The van der Waals surface area contributed by atoms with Crippen LogP contribution in [0.1, 0.15) is 18.9 Å². The van der Waals surface area contributed by atoms with Gasteiger partial charge in [0.1, 0.15) is 6.04 Å². The predicted molar refractivity (Wildman–Crippen MR) is 125 cm³/mol. The van der Waals surface area contributed by atoms with E-state index in [1.54, 1.807) is 12.0 Å². The highest BCUT2D eigenvalue weighted by Crippen LogP contribution is 2.36. The van der Waals surface area contributed by atoms with Gasteiger partial charge < -0.3 is 10.1 Å². The summed E-state index contributed by atoms with van der Waals surface area (Å²) in [6, 6.07) is 20.8. The molecule has 32 heavy (non-hydrogen) atoms. The van der Waals surface area contributed by atoms with Crippen LogP contribution in [0.2, 0.25) is 0 Å². The standard InChI is InChI=1S/C25H24N4O3/c1-32-15-7-14-28-24(31)22(29-21-13-5-4-11-20(21)27-25(28)29)16-23(30)26-19-12-6-9-17-8-2-3-10-18(17)19/h2-6,8-13,22H,7,14-16H2,1H3,(H,26,30). The van der Waals surface area contributed by atoms with Crippen molar-refractivity contribution in [3.63, 3.8) is 0 Å². The summed E-state index contributed by atoms with van der Waals surface area (Å²) in [5.41, 5.74) is 2.41. The van der Waals surface area contributed by atoms with E-state index in [4.69, 9.17) is 4.74 Å². The Kier molecular flexibility index (Phi) is 5.33. The minimum Gasteiger partial charge on any atom is -0.385 e. The fourth-order valence-corrected chi connectivity index (χ4v) is 4.39. The van der Waals surface area contributed by atoms with Gasteiger partial charge in [-0.15, -0.1) is 0 Å². The van der Waals surface area contributed by atoms with Gasteiger partial charge in [0.25, 0.3) is 5.91 Å². The number of ether oxygens (including phenoxy) is 1. The highest BCUT2D eigenvalue weighted by atomic mass is 16.5. The number of carbonyl (C=O) groups is 2. The number of carbonyl (C=O) groups excluding carboxylic acids is 2. The molecular formula is C25H24N4O3. The molecule has 1 N–H and O–H groups in total. The maximum atomic E-state index is 13.3. The first-order valence-electron chi connectivity index (χ1n) is 10.7. The number of hydrogen-bond donors (Lipinski definition) is 1. The third kappa shape index (κ3) is 3.50. The molecule has 0 saturated carbocycles. The van der Waals surface area contributed by atoms with Crippen LogP contribution in [0.4, 0.5) is 11.6 Å². The van der Waals surface area contributed by atoms with E-state index in [-0.39, 0.29) is 18.2 Å². The molecule has 2 heterocycles. The topological polar surface area (TPSA) is 76.5 Å². The number of nitrogens with zero attached hydrogens (tertiary/aromatic N) is 3. The lowest BCUT2D eigenvalue weighted by molar-refractivity contribution is -0.124. The van der Waals surface area contributed by atoms with Crippen molar-refractivity contribution in [1.82, 2.24) is 9.55 Å². The molecule has 2 amide bonds. The molecule has 7 nitrogen and oxygen atoms in total. The Bertz CT molecular complexity index is 1310. The summed E-state index contributed by atoms with van der Waals surface area (Å²) >= 11 is 0. The minimum atomic E-state index is -0.630. The van der Waals surface area contributed by atoms with E-state index in [1.165, 1.54) is 0 Å². The van der Waals surface area contributed by atoms with Gasteiger partial charge in [-0.25, -0.2) is 4.98 Å². The number of nitrogens with one attached hydrogen (secondary N) is 1. The van der Waals surface area contributed by atoms with Gasteiger partial charge in [-0.3, -0.25) is 19.1 Å². The lowest BCUT2D eigenvalue weighted by atomic mass is 10.1. The van der Waals surface area contributed by atoms with Crippen LogP contribution in [0.25, 0.3) is 21.8 Å². The molecule has 3 aromatic carbocycles. The average Bonchev–Trinajstić information content (AvgIpc) is 3.30. The molecule has 0 fully saturated rings. The predicted octanol–water partition coefficient (Wildman–Crippen LogP) is 4.14. The normalized spacial score (nSPS) is 15.5. The van der Waals surface area contributed by atoms with Gasteiger partial charge >= 0.3 is 0 Å². The largest absolute Gasteiger partial charge is 0.385 e. The molecule has 0 spiro atoms. The number of para-hydroxylation sites is 2. The molecule has 7 heteroatoms. The molecule has 0 bridgehead atoms. The molecule has 1 aromatic heterocycles. The van der Waals surface area contributed by atoms with Gasteiger partial charge in [-0.1, -0.05) is 48.5 Å². The Morgan fingerprint density at radius 3 is 2.72 bits per heavy atom. The highest BCUT2D eigenvalue weighted by Gasteiger charge is 2.40. The molecule has 4 aromatic rings. The average molecular weight is 428 g/mol. The minimum absolute atomic E-state index is 0.0379. The second-order valence-corrected chi connectivity index (χ2v) is 7.90. The smallest absolute Gasteiger partial charge is 0.253 e. The summed E-state index contributed by atoms with van der Waals surface area (Å²) < 4.78 is 7.04. The number of imidazole rings is 1. The van der Waals surface area contributed by atoms with Gasteiger partial charge in [-0.2, -0.15) is 0 Å². The molecule has 0 radical (unpaired) electrons. The van der Waals surface area contributed by atoms with Gasteiger partial charge in [0, 0.05) is 31.3 Å². The number of amides is 2. The fraction of sp³-hybridized carbons (Fsp3) is 0.240. The van der Waals surface area contributed by atoms with Crippen LogP contribution in [0.5, 0.6) is 0 Å². The van der Waals surface area contributed by atoms with Crippen molar-refractivity contribution < 1.29 is 14.3 Å². The number of rotatable bonds is 7. The van der Waals surface area contributed by atoms with E-state index < -0.39 is 6.04 Å². The van der Waals surface area contributed by atoms with E-state index in [1.807, 2.05) is 71.3 Å². The number of hydrogen-bond acceptors (Lipinski definition) is 4. The van der Waals surface area contributed by atoms with Gasteiger partial charge in [-0.05, 0) is 30.0 Å². The first kappa shape index (κ1) is 20.2. The zero-order valence-electron chi connectivity index (χ0n) is 17.8. The van der Waals surface area contributed by atoms with Crippen LogP contribution in [0.15, 0.2) is 66.7 Å². The highest BCUT2D eigenvalue weighted by molar-refractivity contribution is 6.07. The number of benzene rings is 3. The first-order valence-corrected chi connectivity index (χ1v) is 10.7. The Labute approximate surface area is 185 Å². The van der Waals surface area contributed by atoms with E-state index in [9.17, 15) is 9.59 Å². The zero-order chi connectivity index (χ0) is 22.1. The summed E-state index contributed by atoms with van der Waals surface area (Å²) in [5.74, 6) is 0.278. The molecule has 1 aliphatic heterocycles. The Balaban J connectivity index is 1.44. The Hall–Kier alpha value is -3.71. The molecule has 1 atom stereocenters. The summed E-state index contributed by atoms with van der Waals surface area (Å²) in [6.07, 6.45) is 0.733. The van der Waals surface area contributed by atoms with Gasteiger partial charge in [0.05, 0.1) is 17.5 Å². The van der Waals surface area contributed by atoms with E-state index >= 15 is 0 Å². The number of fused-ring (bicyclic) bond motifs is 4. The van der Waals surface area contributed by atoms with Crippen LogP contribution in [0, 0.1) is 0 Å². The third-order valence-corrected chi connectivity index (χ3v) is 5.85. The first-order chi connectivity index (χ1) is 15.7. The van der Waals surface area contributed by atoms with Crippen molar-refractivity contribution in [3.05, 3.63) is 66.7 Å². The zero-order valence-corrected chi connectivity index (χ0v) is 17.8. The molecule has 0 aliphatic carbocycles. The van der Waals surface area contributed by atoms with Crippen molar-refractivity contribution in [2.45, 2.75) is 18.9 Å². The molecule has 162 valence electrons. The maximum absolute atomic E-state index is 13.3. The second-order valence-electron chi connectivity index (χ2n) is 7.90. The van der Waals surface area contributed by atoms with Crippen LogP contribution in [0.3, 0.4) is 0 Å². The number of aromatic nitrogens is 2. The summed E-state index contributed by atoms with van der Waals surface area (Å²) in [6.45, 7) is 1.05. The second kappa shape index (κ2) is 8.43. The van der Waals surface area contributed by atoms with Crippen molar-refractivity contribution in [3.8, 4) is 0 Å². The fourth-order valence-electron chi connectivity index (χ4n) is 4.39. The van der Waals surface area contributed by atoms with Gasteiger partial charge in [0.2, 0.25) is 11.9 Å². The summed E-state index contributed by atoms with van der Waals surface area (Å²) in [7, 11) is 1.64. The van der Waals surface area contributed by atoms with Crippen LogP contribution in [-0.4, -0.2) is 41.6 Å². The lowest BCUT2D eigenvalue weighted by Crippen LogP contribution is -2.32. The number of methoxy groups -OCH3 is 1. The number of anilines is 2. The quantitative estimate of drug-likeness (QED) is 0.449. The Morgan fingerprint density at radius 2 is 1.84 bits per heavy atom. The van der Waals surface area contributed by atoms with Crippen molar-refractivity contribution in [1.29, 1.82) is 0 Å². The molecule has 5 rings (SSSR count). The SMILES string of the molecule is COCCCN1C(=O)C(CC(=O)Nc2cccc3ccccc23)n2c1nc1ccccc12. The van der Waals surface area contributed by atoms with Crippen molar-refractivity contribution >= 4 is 45.3 Å². The van der Waals surface area contributed by atoms with Crippen LogP contribution < -0.4 is 10.2 Å². The molecule has 1 aliphatic rings. The van der Waals surface area contributed by atoms with E-state index in [0.717, 1.165) is 27.5 Å². The summed E-state index contributed by atoms with van der Waals surface area (Å²) in [5, 5.41) is 5.03. The van der Waals surface area contributed by atoms with Crippen LogP contribution >= 0.6 is 0 Å². The molecular weight excluding hydrogens is 404 g/mol. The lowest BCUT2D eigenvalue weighted by Gasteiger charge is -2.16. The Morgan fingerprint density at radius 1 is 1.06 bits per heavy atom. The van der Waals surface area contributed by atoms with Crippen molar-refractivity contribution in [2.75, 3.05) is 30.5 Å². The van der Waals surface area contributed by atoms with Crippen LogP contribution in [-0.2, 0) is 14.3 Å². The van der Waals surface area contributed by atoms with E-state index in [0.29, 0.717) is 25.5 Å². The monoisotopic (exact) mass is 428 g/mol. The molecule has 0 saturated heterocycles.